The number of hydrogen-bond donors (Lipinski definition) is 0. The van der Waals surface area contributed by atoms with Gasteiger partial charge in [-0.15, -0.1) is 0 Å². The minimum atomic E-state index is -2.63. The van der Waals surface area contributed by atoms with Crippen molar-refractivity contribution in [2.75, 3.05) is 46.8 Å². The van der Waals surface area contributed by atoms with E-state index in [4.69, 9.17) is 28.4 Å². The second kappa shape index (κ2) is 16.4. The average molecular weight is 593 g/mol. The summed E-state index contributed by atoms with van der Waals surface area (Å²) in [5, 5.41) is 2.47. The molecule has 1 fully saturated rings. The summed E-state index contributed by atoms with van der Waals surface area (Å²) < 4.78 is 29.2. The van der Waals surface area contributed by atoms with E-state index in [2.05, 4.69) is 86.4 Å². The number of rotatable bonds is 16. The van der Waals surface area contributed by atoms with Gasteiger partial charge in [0.15, 0.2) is 0 Å². The van der Waals surface area contributed by atoms with Gasteiger partial charge in [-0.25, -0.2) is 9.97 Å². The Kier molecular flexibility index (Phi) is 12.7. The fourth-order valence-corrected chi connectivity index (χ4v) is 10.4. The Bertz CT molecular complexity index is 1130. The van der Waals surface area contributed by atoms with Crippen molar-refractivity contribution in [3.8, 4) is 0 Å². The zero-order valence-electron chi connectivity index (χ0n) is 25.8. The Morgan fingerprint density at radius 1 is 0.738 bits per heavy atom. The van der Waals surface area contributed by atoms with Gasteiger partial charge in [0.05, 0.1) is 58.0 Å². The van der Waals surface area contributed by atoms with E-state index in [1.54, 1.807) is 7.11 Å². The molecule has 3 aromatic rings. The number of aromatic nitrogens is 2. The predicted octanol–water partition coefficient (Wildman–Crippen LogP) is 5.28. The van der Waals surface area contributed by atoms with E-state index in [0.717, 1.165) is 37.2 Å². The first-order valence-electron chi connectivity index (χ1n) is 15.3. The highest BCUT2D eigenvalue weighted by molar-refractivity contribution is 6.99. The molecule has 1 saturated carbocycles. The van der Waals surface area contributed by atoms with Crippen LogP contribution in [0.1, 0.15) is 63.9 Å². The Balaban J connectivity index is 1.32. The van der Waals surface area contributed by atoms with E-state index in [1.165, 1.54) is 10.4 Å². The quantitative estimate of drug-likeness (QED) is 0.166. The Morgan fingerprint density at radius 3 is 1.88 bits per heavy atom. The van der Waals surface area contributed by atoms with Crippen molar-refractivity contribution >= 4 is 18.7 Å². The number of benzene rings is 2. The van der Waals surface area contributed by atoms with Crippen molar-refractivity contribution in [2.24, 2.45) is 0 Å². The van der Waals surface area contributed by atoms with E-state index in [0.29, 0.717) is 52.2 Å². The lowest BCUT2D eigenvalue weighted by molar-refractivity contribution is -0.0269. The van der Waals surface area contributed by atoms with Gasteiger partial charge in [-0.3, -0.25) is 0 Å². The molecule has 8 heteroatoms. The lowest BCUT2D eigenvalue weighted by Gasteiger charge is -2.43. The fraction of sp³-hybridized carbons (Fsp3) is 0.529. The maximum Gasteiger partial charge on any atom is 0.261 e. The minimum absolute atomic E-state index is 0.0766. The molecule has 42 heavy (non-hydrogen) atoms. The number of ether oxygens (including phenoxy) is 4. The van der Waals surface area contributed by atoms with Crippen LogP contribution in [0.2, 0.25) is 5.04 Å². The molecule has 0 amide bonds. The van der Waals surface area contributed by atoms with Gasteiger partial charge in [-0.05, 0) is 47.2 Å². The van der Waals surface area contributed by atoms with Gasteiger partial charge in [-0.1, -0.05) is 81.4 Å². The Hall–Kier alpha value is -2.46. The van der Waals surface area contributed by atoms with E-state index in [9.17, 15) is 0 Å². The molecule has 0 aliphatic heterocycles. The third-order valence-electron chi connectivity index (χ3n) is 8.01. The summed E-state index contributed by atoms with van der Waals surface area (Å²) >= 11 is 0. The molecule has 1 aromatic heterocycles. The highest BCUT2D eigenvalue weighted by atomic mass is 28.4. The monoisotopic (exact) mass is 592 g/mol. The first-order chi connectivity index (χ1) is 20.4. The molecule has 0 spiro atoms. The molecule has 4 rings (SSSR count). The summed E-state index contributed by atoms with van der Waals surface area (Å²) in [6, 6.07) is 23.5. The number of nitrogens with zero attached hydrogens (tertiary/aromatic N) is 2. The maximum absolute atomic E-state index is 7.11. The second-order valence-corrected chi connectivity index (χ2v) is 16.2. The SMILES string of the molecule is COCCOCCOCCO[C@H]1CC[C@@H](c2nccc(CO[Si](c3ccccc3)(c3ccccc3)C(C)(C)C)n2)CC1. The molecule has 7 nitrogen and oxygen atoms in total. The summed E-state index contributed by atoms with van der Waals surface area (Å²) in [5.41, 5.74) is 0.940. The van der Waals surface area contributed by atoms with E-state index in [1.807, 2.05) is 12.3 Å². The molecule has 0 unspecified atom stereocenters. The van der Waals surface area contributed by atoms with Crippen molar-refractivity contribution in [2.45, 2.75) is 70.1 Å². The summed E-state index contributed by atoms with van der Waals surface area (Å²) in [6.45, 7) is 10.9. The van der Waals surface area contributed by atoms with Crippen LogP contribution in [0.25, 0.3) is 0 Å². The van der Waals surface area contributed by atoms with Gasteiger partial charge in [0.1, 0.15) is 5.82 Å². The maximum atomic E-state index is 7.11. The lowest BCUT2D eigenvalue weighted by atomic mass is 9.87. The molecule has 1 heterocycles. The molecule has 0 saturated heterocycles. The fourth-order valence-electron chi connectivity index (χ4n) is 5.86. The third-order valence-corrected chi connectivity index (χ3v) is 13.0. The normalized spacial score (nSPS) is 17.8. The lowest BCUT2D eigenvalue weighted by Crippen LogP contribution is -2.66. The van der Waals surface area contributed by atoms with Gasteiger partial charge in [0.25, 0.3) is 8.32 Å². The van der Waals surface area contributed by atoms with Crippen LogP contribution in [0.3, 0.4) is 0 Å². The molecular formula is C34H48N2O5Si. The zero-order valence-corrected chi connectivity index (χ0v) is 26.8. The smallest absolute Gasteiger partial charge is 0.261 e. The van der Waals surface area contributed by atoms with Crippen molar-refractivity contribution < 1.29 is 23.4 Å². The predicted molar refractivity (Wildman–Crippen MR) is 169 cm³/mol. The molecule has 1 aliphatic carbocycles. The van der Waals surface area contributed by atoms with Crippen LogP contribution in [-0.2, 0) is 30.0 Å². The van der Waals surface area contributed by atoms with E-state index in [-0.39, 0.29) is 11.1 Å². The van der Waals surface area contributed by atoms with Crippen molar-refractivity contribution in [3.05, 3.63) is 84.4 Å². The molecule has 0 N–H and O–H groups in total. The molecule has 0 atom stereocenters. The van der Waals surface area contributed by atoms with Gasteiger partial charge >= 0.3 is 0 Å². The largest absolute Gasteiger partial charge is 0.401 e. The van der Waals surface area contributed by atoms with Gasteiger partial charge in [-0.2, -0.15) is 0 Å². The molecule has 0 bridgehead atoms. The molecule has 228 valence electrons. The molecular weight excluding hydrogens is 544 g/mol. The molecule has 1 aliphatic rings. The summed E-state index contributed by atoms with van der Waals surface area (Å²) in [6.07, 6.45) is 6.24. The van der Waals surface area contributed by atoms with Crippen LogP contribution in [0.15, 0.2) is 72.9 Å². The highest BCUT2D eigenvalue weighted by Crippen LogP contribution is 2.37. The first kappa shape index (κ1) is 32.5. The van der Waals surface area contributed by atoms with Crippen LogP contribution >= 0.6 is 0 Å². The van der Waals surface area contributed by atoms with Crippen LogP contribution in [0.5, 0.6) is 0 Å². The third kappa shape index (κ3) is 8.78. The second-order valence-electron chi connectivity index (χ2n) is 11.9. The molecule has 0 radical (unpaired) electrons. The van der Waals surface area contributed by atoms with Crippen LogP contribution < -0.4 is 10.4 Å². The minimum Gasteiger partial charge on any atom is -0.401 e. The van der Waals surface area contributed by atoms with E-state index < -0.39 is 8.32 Å². The number of methoxy groups -OCH3 is 1. The van der Waals surface area contributed by atoms with Crippen molar-refractivity contribution in [1.82, 2.24) is 9.97 Å². The Labute approximate surface area is 253 Å². The van der Waals surface area contributed by atoms with Crippen LogP contribution in [0, 0.1) is 0 Å². The topological polar surface area (TPSA) is 71.9 Å². The van der Waals surface area contributed by atoms with Crippen LogP contribution in [0.4, 0.5) is 0 Å². The summed E-state index contributed by atoms with van der Waals surface area (Å²) in [7, 11) is -0.958. The van der Waals surface area contributed by atoms with E-state index >= 15 is 0 Å². The Morgan fingerprint density at radius 2 is 1.31 bits per heavy atom. The average Bonchev–Trinajstić information content (AvgIpc) is 3.01. The number of hydrogen-bond acceptors (Lipinski definition) is 7. The zero-order chi connectivity index (χ0) is 29.7. The first-order valence-corrected chi connectivity index (χ1v) is 17.2. The van der Waals surface area contributed by atoms with Gasteiger partial charge < -0.3 is 23.4 Å². The van der Waals surface area contributed by atoms with Crippen molar-refractivity contribution in [3.63, 3.8) is 0 Å². The molecule has 2 aromatic carbocycles. The van der Waals surface area contributed by atoms with Crippen LogP contribution in [-0.4, -0.2) is 71.1 Å². The summed E-state index contributed by atoms with van der Waals surface area (Å²) in [4.78, 5) is 9.71. The van der Waals surface area contributed by atoms with Gasteiger partial charge in [0, 0.05) is 19.2 Å². The highest BCUT2D eigenvalue weighted by Gasteiger charge is 2.50. The summed E-state index contributed by atoms with van der Waals surface area (Å²) in [5.74, 6) is 1.27. The van der Waals surface area contributed by atoms with Crippen molar-refractivity contribution in [1.29, 1.82) is 0 Å². The standard InChI is InChI=1S/C34H48N2O5Si/c1-34(2,3)42(31-11-7-5-8-12-31,32-13-9-6-10-14-32)41-27-29-19-20-35-33(36-29)28-15-17-30(18-16-28)40-26-25-39-24-23-38-22-21-37-4/h5-14,19-20,28,30H,15-18,21-27H2,1-4H3/t28-,30+. The van der Waals surface area contributed by atoms with Gasteiger partial charge in [0.2, 0.25) is 0 Å².